The molecule has 0 N–H and O–H groups in total. The molecule has 1 fully saturated rings. The summed E-state index contributed by atoms with van der Waals surface area (Å²) in [7, 11) is -0.564. The number of hydrogen-bond acceptors (Lipinski definition) is 3. The molecule has 3 rings (SSSR count). The van der Waals surface area contributed by atoms with Gasteiger partial charge in [0.15, 0.2) is 0 Å². The van der Waals surface area contributed by atoms with Gasteiger partial charge in [0.25, 0.3) is 0 Å². The first-order chi connectivity index (χ1) is 12.8. The van der Waals surface area contributed by atoms with E-state index in [1.54, 1.807) is 6.08 Å². The second-order valence-corrected chi connectivity index (χ2v) is 8.54. The largest absolute Gasteiger partial charge is 0.463 e. The summed E-state index contributed by atoms with van der Waals surface area (Å²) < 4.78 is 5.19. The van der Waals surface area contributed by atoms with Gasteiger partial charge < -0.3 is 9.64 Å². The Bertz CT molecular complexity index is 685. The highest BCUT2D eigenvalue weighted by molar-refractivity contribution is 7.73. The van der Waals surface area contributed by atoms with Crippen molar-refractivity contribution in [2.45, 2.75) is 19.8 Å². The van der Waals surface area contributed by atoms with Gasteiger partial charge >= 0.3 is 5.97 Å². The van der Waals surface area contributed by atoms with E-state index in [4.69, 9.17) is 4.74 Å². The van der Waals surface area contributed by atoms with Crippen LogP contribution >= 0.6 is 7.92 Å². The lowest BCUT2D eigenvalue weighted by molar-refractivity contribution is -0.137. The Labute approximate surface area is 157 Å². The van der Waals surface area contributed by atoms with Crippen LogP contribution in [0.15, 0.2) is 72.4 Å². The van der Waals surface area contributed by atoms with Gasteiger partial charge in [0, 0.05) is 31.0 Å². The van der Waals surface area contributed by atoms with E-state index >= 15 is 0 Å². The minimum Gasteiger partial charge on any atom is -0.463 e. The minimum atomic E-state index is -0.564. The van der Waals surface area contributed by atoms with E-state index < -0.39 is 7.92 Å². The molecule has 1 aliphatic rings. The Hall–Kier alpha value is -2.12. The monoisotopic (exact) mass is 367 g/mol. The number of benzene rings is 2. The molecule has 2 aromatic rings. The van der Waals surface area contributed by atoms with Crippen molar-refractivity contribution < 1.29 is 9.53 Å². The smallest absolute Gasteiger partial charge is 0.332 e. The van der Waals surface area contributed by atoms with Crippen LogP contribution in [0, 0.1) is 0 Å². The van der Waals surface area contributed by atoms with Gasteiger partial charge in [-0.15, -0.1) is 0 Å². The summed E-state index contributed by atoms with van der Waals surface area (Å²) in [4.78, 5) is 14.5. The minimum absolute atomic E-state index is 0.231. The first-order valence-electron chi connectivity index (χ1n) is 9.28. The highest BCUT2D eigenvalue weighted by Crippen LogP contribution is 2.37. The number of carbonyl (C=O) groups is 1. The normalized spacial score (nSPS) is 14.7. The summed E-state index contributed by atoms with van der Waals surface area (Å²) >= 11 is 0. The molecule has 0 bridgehead atoms. The molecule has 1 aliphatic heterocycles. The third kappa shape index (κ3) is 4.95. The van der Waals surface area contributed by atoms with Crippen molar-refractivity contribution in [1.82, 2.24) is 4.90 Å². The molecule has 2 aromatic carbocycles. The molecule has 0 aromatic heterocycles. The highest BCUT2D eigenvalue weighted by atomic mass is 31.1. The van der Waals surface area contributed by atoms with E-state index in [0.29, 0.717) is 6.61 Å². The molecule has 1 heterocycles. The van der Waals surface area contributed by atoms with Crippen LogP contribution in [0.5, 0.6) is 0 Å². The zero-order chi connectivity index (χ0) is 18.2. The molecule has 0 saturated carbocycles. The fourth-order valence-electron chi connectivity index (χ4n) is 3.27. The Morgan fingerprint density at radius 1 is 1.00 bits per heavy atom. The van der Waals surface area contributed by atoms with Crippen LogP contribution in [-0.4, -0.2) is 36.7 Å². The van der Waals surface area contributed by atoms with Gasteiger partial charge in [-0.3, -0.25) is 0 Å². The summed E-state index contributed by atoms with van der Waals surface area (Å²) in [5, 5.41) is 2.67. The molecule has 0 amide bonds. The lowest BCUT2D eigenvalue weighted by Gasteiger charge is -2.26. The molecule has 0 aliphatic carbocycles. The zero-order valence-electron chi connectivity index (χ0n) is 15.3. The Kier molecular flexibility index (Phi) is 6.85. The molecule has 0 radical (unpaired) electrons. The van der Waals surface area contributed by atoms with Gasteiger partial charge in [-0.25, -0.2) is 4.79 Å². The van der Waals surface area contributed by atoms with Crippen molar-refractivity contribution in [3.05, 3.63) is 72.4 Å². The van der Waals surface area contributed by atoms with Crippen molar-refractivity contribution in [2.24, 2.45) is 0 Å². The van der Waals surface area contributed by atoms with Crippen LogP contribution in [0.4, 0.5) is 0 Å². The van der Waals surface area contributed by atoms with Gasteiger partial charge in [-0.2, -0.15) is 0 Å². The maximum atomic E-state index is 12.1. The van der Waals surface area contributed by atoms with Crippen LogP contribution in [0.25, 0.3) is 0 Å². The fraction of sp³-hybridized carbons (Fsp3) is 0.318. The van der Waals surface area contributed by atoms with Crippen molar-refractivity contribution in [3.63, 3.8) is 0 Å². The number of rotatable bonds is 7. The molecular formula is C22H26NO2P. The zero-order valence-corrected chi connectivity index (χ0v) is 16.2. The van der Waals surface area contributed by atoms with Gasteiger partial charge in [0.05, 0.1) is 6.61 Å². The molecule has 26 heavy (non-hydrogen) atoms. The average Bonchev–Trinajstić information content (AvgIpc) is 3.21. The number of likely N-dealkylation sites (tertiary alicyclic amines) is 1. The number of esters is 1. The number of hydrogen-bond donors (Lipinski definition) is 0. The molecule has 3 nitrogen and oxygen atoms in total. The molecule has 4 heteroatoms. The number of allylic oxidation sites excluding steroid dienone is 1. The van der Waals surface area contributed by atoms with E-state index in [1.165, 1.54) is 23.5 Å². The van der Waals surface area contributed by atoms with E-state index in [2.05, 4.69) is 65.6 Å². The standard InChI is InChI=1S/C22H26NO2P/c1-2-25-22(24)17-19(23-15-9-10-16-23)18-26(20-11-5-3-6-12-20)21-13-7-4-8-14-21/h3-8,11-14,17H,2,9-10,15-16,18H2,1H3/b19-17-. The Balaban J connectivity index is 1.92. The van der Waals surface area contributed by atoms with E-state index in [1.807, 2.05) is 6.92 Å². The average molecular weight is 367 g/mol. The predicted octanol–water partition coefficient (Wildman–Crippen LogP) is 3.66. The van der Waals surface area contributed by atoms with Crippen LogP contribution in [0.1, 0.15) is 19.8 Å². The number of ether oxygens (including phenoxy) is 1. The van der Waals surface area contributed by atoms with Crippen LogP contribution in [-0.2, 0) is 9.53 Å². The van der Waals surface area contributed by atoms with Gasteiger partial charge in [-0.05, 0) is 38.3 Å². The quantitative estimate of drug-likeness (QED) is 0.425. The van der Waals surface area contributed by atoms with E-state index in [0.717, 1.165) is 24.9 Å². The summed E-state index contributed by atoms with van der Waals surface area (Å²) in [6.45, 7) is 4.31. The summed E-state index contributed by atoms with van der Waals surface area (Å²) in [6, 6.07) is 21.3. The lowest BCUT2D eigenvalue weighted by Crippen LogP contribution is -2.25. The molecule has 0 spiro atoms. The number of nitrogens with zero attached hydrogens (tertiary/aromatic N) is 1. The second kappa shape index (κ2) is 9.54. The maximum absolute atomic E-state index is 12.1. The van der Waals surface area contributed by atoms with Gasteiger partial charge in [0.2, 0.25) is 0 Å². The van der Waals surface area contributed by atoms with E-state index in [-0.39, 0.29) is 5.97 Å². The first kappa shape index (κ1) is 18.7. The van der Waals surface area contributed by atoms with Crippen molar-refractivity contribution >= 4 is 24.5 Å². The molecule has 0 atom stereocenters. The predicted molar refractivity (Wildman–Crippen MR) is 109 cm³/mol. The second-order valence-electron chi connectivity index (χ2n) is 6.34. The molecule has 1 saturated heterocycles. The third-order valence-corrected chi connectivity index (χ3v) is 7.02. The third-order valence-electron chi connectivity index (χ3n) is 4.54. The Morgan fingerprint density at radius 3 is 2.04 bits per heavy atom. The van der Waals surface area contributed by atoms with Crippen molar-refractivity contribution in [3.8, 4) is 0 Å². The van der Waals surface area contributed by atoms with Crippen molar-refractivity contribution in [1.29, 1.82) is 0 Å². The van der Waals surface area contributed by atoms with Crippen LogP contribution in [0.3, 0.4) is 0 Å². The fourth-order valence-corrected chi connectivity index (χ4v) is 5.61. The van der Waals surface area contributed by atoms with Crippen LogP contribution < -0.4 is 10.6 Å². The SMILES string of the molecule is CCOC(=O)/C=C(/CP(c1ccccc1)c1ccccc1)N1CCCC1. The van der Waals surface area contributed by atoms with Gasteiger partial charge in [0.1, 0.15) is 0 Å². The summed E-state index contributed by atoms with van der Waals surface area (Å²) in [5.74, 6) is -0.231. The Morgan fingerprint density at radius 2 is 1.54 bits per heavy atom. The summed E-state index contributed by atoms with van der Waals surface area (Å²) in [6.07, 6.45) is 4.96. The molecule has 0 unspecified atom stereocenters. The highest BCUT2D eigenvalue weighted by Gasteiger charge is 2.22. The van der Waals surface area contributed by atoms with Crippen LogP contribution in [0.2, 0.25) is 0 Å². The molecular weight excluding hydrogens is 341 g/mol. The number of carbonyl (C=O) groups excluding carboxylic acids is 1. The topological polar surface area (TPSA) is 29.5 Å². The maximum Gasteiger partial charge on any atom is 0.332 e. The van der Waals surface area contributed by atoms with Gasteiger partial charge in [-0.1, -0.05) is 60.7 Å². The van der Waals surface area contributed by atoms with E-state index in [9.17, 15) is 4.79 Å². The van der Waals surface area contributed by atoms with Crippen molar-refractivity contribution in [2.75, 3.05) is 25.9 Å². The lowest BCUT2D eigenvalue weighted by atomic mass is 10.3. The molecule has 136 valence electrons. The first-order valence-corrected chi connectivity index (χ1v) is 10.8. The summed E-state index contributed by atoms with van der Waals surface area (Å²) in [5.41, 5.74) is 1.11.